The van der Waals surface area contributed by atoms with Gasteiger partial charge in [0.1, 0.15) is 6.04 Å². The average Bonchev–Trinajstić information content (AvgIpc) is 2.59. The Balaban J connectivity index is 1.55. The number of amides is 2. The zero-order chi connectivity index (χ0) is 16.2. The highest BCUT2D eigenvalue weighted by molar-refractivity contribution is 6.30. The third-order valence-electron chi connectivity index (χ3n) is 4.14. The monoisotopic (exact) mass is 337 g/mol. The Morgan fingerprint density at radius 1 is 1.30 bits per heavy atom. The lowest BCUT2D eigenvalue weighted by atomic mass is 10.1. The van der Waals surface area contributed by atoms with Gasteiger partial charge in [0, 0.05) is 31.2 Å². The second-order valence-electron chi connectivity index (χ2n) is 5.78. The first kappa shape index (κ1) is 16.2. The van der Waals surface area contributed by atoms with Crippen LogP contribution >= 0.6 is 11.6 Å². The molecule has 23 heavy (non-hydrogen) atoms. The molecule has 2 aliphatic heterocycles. The van der Waals surface area contributed by atoms with Crippen molar-refractivity contribution in [1.82, 2.24) is 15.1 Å². The first-order chi connectivity index (χ1) is 11.1. The van der Waals surface area contributed by atoms with Crippen LogP contribution in [0, 0.1) is 0 Å². The zero-order valence-electron chi connectivity index (χ0n) is 12.8. The van der Waals surface area contributed by atoms with Crippen LogP contribution in [0.5, 0.6) is 0 Å². The van der Waals surface area contributed by atoms with Gasteiger partial charge in [-0.05, 0) is 17.7 Å². The molecule has 1 aromatic rings. The van der Waals surface area contributed by atoms with E-state index in [1.807, 2.05) is 24.3 Å². The largest absolute Gasteiger partial charge is 0.378 e. The third-order valence-corrected chi connectivity index (χ3v) is 4.39. The van der Waals surface area contributed by atoms with Gasteiger partial charge in [-0.1, -0.05) is 23.7 Å². The SMILES string of the molecule is O=C1CN(C(=O)C2COCCN2)CCN1Cc1ccc(Cl)cc1. The fourth-order valence-corrected chi connectivity index (χ4v) is 2.94. The molecule has 1 unspecified atom stereocenters. The summed E-state index contributed by atoms with van der Waals surface area (Å²) in [4.78, 5) is 28.1. The lowest BCUT2D eigenvalue weighted by Gasteiger charge is -2.36. The molecule has 2 saturated heterocycles. The highest BCUT2D eigenvalue weighted by Gasteiger charge is 2.32. The number of carbonyl (C=O) groups excluding carboxylic acids is 2. The van der Waals surface area contributed by atoms with Crippen molar-refractivity contribution < 1.29 is 14.3 Å². The molecule has 2 heterocycles. The molecule has 0 aliphatic carbocycles. The van der Waals surface area contributed by atoms with E-state index in [9.17, 15) is 9.59 Å². The van der Waals surface area contributed by atoms with Crippen molar-refractivity contribution in [2.24, 2.45) is 0 Å². The van der Waals surface area contributed by atoms with Crippen LogP contribution in [0.2, 0.25) is 5.02 Å². The number of hydrogen-bond acceptors (Lipinski definition) is 4. The molecule has 1 N–H and O–H groups in total. The Hall–Kier alpha value is -1.63. The van der Waals surface area contributed by atoms with Gasteiger partial charge in [-0.2, -0.15) is 0 Å². The average molecular weight is 338 g/mol. The fourth-order valence-electron chi connectivity index (χ4n) is 2.82. The summed E-state index contributed by atoms with van der Waals surface area (Å²) in [6.07, 6.45) is 0. The Morgan fingerprint density at radius 2 is 2.09 bits per heavy atom. The minimum absolute atomic E-state index is 0.0312. The number of nitrogens with zero attached hydrogens (tertiary/aromatic N) is 2. The molecule has 0 bridgehead atoms. The molecule has 1 aromatic carbocycles. The van der Waals surface area contributed by atoms with Crippen molar-refractivity contribution in [2.45, 2.75) is 12.6 Å². The van der Waals surface area contributed by atoms with Crippen LogP contribution in [0.1, 0.15) is 5.56 Å². The first-order valence-electron chi connectivity index (χ1n) is 7.75. The highest BCUT2D eigenvalue weighted by Crippen LogP contribution is 2.14. The number of hydrogen-bond donors (Lipinski definition) is 1. The minimum atomic E-state index is -0.334. The number of carbonyl (C=O) groups is 2. The molecule has 2 fully saturated rings. The maximum atomic E-state index is 12.4. The second kappa shape index (κ2) is 7.29. The van der Waals surface area contributed by atoms with Crippen molar-refractivity contribution in [2.75, 3.05) is 39.4 Å². The predicted octanol–water partition coefficient (Wildman–Crippen LogP) is 0.499. The van der Waals surface area contributed by atoms with E-state index < -0.39 is 0 Å². The van der Waals surface area contributed by atoms with E-state index in [1.54, 1.807) is 9.80 Å². The van der Waals surface area contributed by atoms with E-state index in [4.69, 9.17) is 16.3 Å². The third kappa shape index (κ3) is 4.02. The molecule has 1 atom stereocenters. The van der Waals surface area contributed by atoms with Crippen LogP contribution in [0.3, 0.4) is 0 Å². The Kier molecular flexibility index (Phi) is 5.15. The number of benzene rings is 1. The van der Waals surface area contributed by atoms with Crippen LogP contribution in [-0.4, -0.2) is 67.0 Å². The van der Waals surface area contributed by atoms with Crippen LogP contribution < -0.4 is 5.32 Å². The topological polar surface area (TPSA) is 61.9 Å². The zero-order valence-corrected chi connectivity index (χ0v) is 13.6. The number of nitrogens with one attached hydrogen (secondary N) is 1. The summed E-state index contributed by atoms with van der Waals surface area (Å²) < 4.78 is 5.31. The molecule has 7 heteroatoms. The van der Waals surface area contributed by atoms with E-state index in [-0.39, 0.29) is 24.4 Å². The summed E-state index contributed by atoms with van der Waals surface area (Å²) in [5.74, 6) is -0.0829. The standard InChI is InChI=1S/C16H20ClN3O3/c17-13-3-1-12(2-4-13)9-19-6-7-20(10-15(19)21)16(22)14-11-23-8-5-18-14/h1-4,14,18H,5-11H2. The molecule has 124 valence electrons. The number of morpholine rings is 1. The van der Waals surface area contributed by atoms with E-state index in [0.717, 1.165) is 5.56 Å². The van der Waals surface area contributed by atoms with Gasteiger partial charge in [-0.25, -0.2) is 0 Å². The van der Waals surface area contributed by atoms with E-state index in [1.165, 1.54) is 0 Å². The maximum Gasteiger partial charge on any atom is 0.242 e. The van der Waals surface area contributed by atoms with Gasteiger partial charge in [-0.15, -0.1) is 0 Å². The molecule has 2 amide bonds. The summed E-state index contributed by atoms with van der Waals surface area (Å²) in [7, 11) is 0. The lowest BCUT2D eigenvalue weighted by molar-refractivity contribution is -0.148. The van der Waals surface area contributed by atoms with E-state index in [2.05, 4.69) is 5.32 Å². The van der Waals surface area contributed by atoms with E-state index >= 15 is 0 Å². The van der Waals surface area contributed by atoms with Crippen molar-refractivity contribution >= 4 is 23.4 Å². The molecule has 0 spiro atoms. The van der Waals surface area contributed by atoms with Crippen LogP contribution in [0.25, 0.3) is 0 Å². The number of rotatable bonds is 3. The van der Waals surface area contributed by atoms with Crippen molar-refractivity contribution in [1.29, 1.82) is 0 Å². The number of halogens is 1. The van der Waals surface area contributed by atoms with Crippen molar-refractivity contribution in [3.63, 3.8) is 0 Å². The first-order valence-corrected chi connectivity index (χ1v) is 8.13. The van der Waals surface area contributed by atoms with Gasteiger partial charge in [0.15, 0.2) is 0 Å². The normalized spacial score (nSPS) is 22.3. The molecule has 2 aliphatic rings. The van der Waals surface area contributed by atoms with Gasteiger partial charge < -0.3 is 19.9 Å². The molecule has 0 radical (unpaired) electrons. The molecular weight excluding hydrogens is 318 g/mol. The Morgan fingerprint density at radius 3 is 2.74 bits per heavy atom. The van der Waals surface area contributed by atoms with Crippen LogP contribution in [-0.2, 0) is 20.9 Å². The van der Waals surface area contributed by atoms with Gasteiger partial charge in [0.2, 0.25) is 11.8 Å². The summed E-state index contributed by atoms with van der Waals surface area (Å²) >= 11 is 5.87. The summed E-state index contributed by atoms with van der Waals surface area (Å²) in [6.45, 7) is 3.43. The fraction of sp³-hybridized carbons (Fsp3) is 0.500. The number of piperazine rings is 1. The quantitative estimate of drug-likeness (QED) is 0.872. The summed E-state index contributed by atoms with van der Waals surface area (Å²) in [6, 6.07) is 7.12. The van der Waals surface area contributed by atoms with Gasteiger partial charge in [0.05, 0.1) is 19.8 Å². The molecule has 0 saturated carbocycles. The molecule has 0 aromatic heterocycles. The van der Waals surface area contributed by atoms with Gasteiger partial charge in [0.25, 0.3) is 0 Å². The summed E-state index contributed by atoms with van der Waals surface area (Å²) in [5.41, 5.74) is 1.03. The van der Waals surface area contributed by atoms with Crippen molar-refractivity contribution in [3.05, 3.63) is 34.9 Å². The van der Waals surface area contributed by atoms with Gasteiger partial charge in [-0.3, -0.25) is 9.59 Å². The maximum absolute atomic E-state index is 12.4. The van der Waals surface area contributed by atoms with Crippen LogP contribution in [0.4, 0.5) is 0 Å². The highest BCUT2D eigenvalue weighted by atomic mass is 35.5. The number of ether oxygens (including phenoxy) is 1. The molecule has 3 rings (SSSR count). The Labute approximate surface area is 140 Å². The minimum Gasteiger partial charge on any atom is -0.378 e. The molecular formula is C16H20ClN3O3. The van der Waals surface area contributed by atoms with Crippen LogP contribution in [0.15, 0.2) is 24.3 Å². The van der Waals surface area contributed by atoms with Crippen molar-refractivity contribution in [3.8, 4) is 0 Å². The Bertz CT molecular complexity index is 572. The van der Waals surface area contributed by atoms with Gasteiger partial charge >= 0.3 is 0 Å². The lowest BCUT2D eigenvalue weighted by Crippen LogP contribution is -2.58. The van der Waals surface area contributed by atoms with E-state index in [0.29, 0.717) is 44.4 Å². The second-order valence-corrected chi connectivity index (χ2v) is 6.22. The molecule has 6 nitrogen and oxygen atoms in total. The predicted molar refractivity (Wildman–Crippen MR) is 86.1 cm³/mol. The smallest absolute Gasteiger partial charge is 0.242 e. The summed E-state index contributed by atoms with van der Waals surface area (Å²) in [5, 5.41) is 3.81.